The first-order chi connectivity index (χ1) is 10.2. The van der Waals surface area contributed by atoms with Crippen molar-refractivity contribution in [3.05, 3.63) is 65.4 Å². The minimum absolute atomic E-state index is 0.195. The molecule has 0 atom stereocenters. The molecule has 2 rings (SSSR count). The maximum absolute atomic E-state index is 11.6. The summed E-state index contributed by atoms with van der Waals surface area (Å²) in [6.07, 6.45) is 4.41. The molecule has 0 amide bonds. The van der Waals surface area contributed by atoms with Crippen molar-refractivity contribution in [2.45, 2.75) is 13.2 Å². The first-order valence-electron chi connectivity index (χ1n) is 6.43. The fraction of sp³-hybridized carbons (Fsp3) is 0.125. The number of anilines is 1. The van der Waals surface area contributed by atoms with E-state index < -0.39 is 5.97 Å². The van der Waals surface area contributed by atoms with Gasteiger partial charge in [-0.1, -0.05) is 30.3 Å². The molecule has 0 aliphatic rings. The number of hydrogen-bond donors (Lipinski definition) is 2. The molecule has 0 fully saturated rings. The lowest BCUT2D eigenvalue weighted by Gasteiger charge is -2.03. The Morgan fingerprint density at radius 2 is 2.10 bits per heavy atom. The molecule has 5 heteroatoms. The van der Waals surface area contributed by atoms with Gasteiger partial charge in [-0.15, -0.1) is 0 Å². The van der Waals surface area contributed by atoms with Crippen LogP contribution in [0.15, 0.2) is 48.7 Å². The van der Waals surface area contributed by atoms with Crippen LogP contribution in [0.5, 0.6) is 0 Å². The highest BCUT2D eigenvalue weighted by Gasteiger charge is 2.01. The maximum Gasteiger partial charge on any atom is 0.331 e. The average Bonchev–Trinajstić information content (AvgIpc) is 2.53. The first-order valence-corrected chi connectivity index (χ1v) is 6.43. The van der Waals surface area contributed by atoms with Crippen molar-refractivity contribution < 1.29 is 14.6 Å². The molecule has 1 aromatic carbocycles. The summed E-state index contributed by atoms with van der Waals surface area (Å²) in [5.74, 6) is -0.164. The minimum atomic E-state index is -0.443. The predicted molar refractivity (Wildman–Crippen MR) is 79.8 cm³/mol. The number of hydrogen-bond acceptors (Lipinski definition) is 5. The number of pyridine rings is 1. The van der Waals surface area contributed by atoms with E-state index in [1.165, 1.54) is 12.3 Å². The standard InChI is InChI=1S/C16H16N2O3/c17-16-14(10-19)8-13(9-18-16)6-7-15(20)21-11-12-4-2-1-3-5-12/h1-9,19H,10-11H2,(H2,17,18)/b7-6+. The van der Waals surface area contributed by atoms with Crippen molar-refractivity contribution in [3.8, 4) is 0 Å². The molecular weight excluding hydrogens is 268 g/mol. The molecule has 1 heterocycles. The highest BCUT2D eigenvalue weighted by atomic mass is 16.5. The smallest absolute Gasteiger partial charge is 0.331 e. The Morgan fingerprint density at radius 3 is 2.81 bits per heavy atom. The van der Waals surface area contributed by atoms with Crippen LogP contribution >= 0.6 is 0 Å². The lowest BCUT2D eigenvalue weighted by atomic mass is 10.2. The van der Waals surface area contributed by atoms with E-state index in [9.17, 15) is 4.79 Å². The Balaban J connectivity index is 1.93. The zero-order valence-corrected chi connectivity index (χ0v) is 11.4. The molecule has 0 saturated carbocycles. The van der Waals surface area contributed by atoms with E-state index in [0.29, 0.717) is 11.1 Å². The monoisotopic (exact) mass is 284 g/mol. The van der Waals surface area contributed by atoms with E-state index in [4.69, 9.17) is 15.6 Å². The van der Waals surface area contributed by atoms with Crippen molar-refractivity contribution in [1.82, 2.24) is 4.98 Å². The van der Waals surface area contributed by atoms with Gasteiger partial charge >= 0.3 is 5.97 Å². The van der Waals surface area contributed by atoms with Crippen molar-refractivity contribution in [1.29, 1.82) is 0 Å². The number of rotatable bonds is 5. The second-order valence-electron chi connectivity index (χ2n) is 4.40. The van der Waals surface area contributed by atoms with Crippen LogP contribution in [-0.4, -0.2) is 16.1 Å². The van der Waals surface area contributed by atoms with Gasteiger partial charge in [0, 0.05) is 17.8 Å². The van der Waals surface area contributed by atoms with E-state index in [0.717, 1.165) is 5.56 Å². The summed E-state index contributed by atoms with van der Waals surface area (Å²) >= 11 is 0. The van der Waals surface area contributed by atoms with Gasteiger partial charge in [-0.2, -0.15) is 0 Å². The molecule has 21 heavy (non-hydrogen) atoms. The van der Waals surface area contributed by atoms with Crippen LogP contribution in [0.3, 0.4) is 0 Å². The molecule has 0 aliphatic heterocycles. The normalized spacial score (nSPS) is 10.7. The summed E-state index contributed by atoms with van der Waals surface area (Å²) in [6, 6.07) is 11.1. The number of benzene rings is 1. The molecule has 108 valence electrons. The molecule has 0 bridgehead atoms. The Kier molecular flexibility index (Phi) is 5.06. The maximum atomic E-state index is 11.6. The van der Waals surface area contributed by atoms with Crippen LogP contribution in [0.4, 0.5) is 5.82 Å². The summed E-state index contributed by atoms with van der Waals surface area (Å²) in [5.41, 5.74) is 7.70. The number of carbonyl (C=O) groups excluding carboxylic acids is 1. The van der Waals surface area contributed by atoms with E-state index in [2.05, 4.69) is 4.98 Å². The lowest BCUT2D eigenvalue weighted by molar-refractivity contribution is -0.138. The number of nitrogens with two attached hydrogens (primary N) is 1. The highest BCUT2D eigenvalue weighted by molar-refractivity contribution is 5.87. The molecule has 5 nitrogen and oxygen atoms in total. The van der Waals surface area contributed by atoms with Gasteiger partial charge < -0.3 is 15.6 Å². The highest BCUT2D eigenvalue weighted by Crippen LogP contribution is 2.12. The van der Waals surface area contributed by atoms with Crippen molar-refractivity contribution in [3.63, 3.8) is 0 Å². The third kappa shape index (κ3) is 4.43. The number of nitrogens with zero attached hydrogens (tertiary/aromatic N) is 1. The summed E-state index contributed by atoms with van der Waals surface area (Å²) < 4.78 is 5.11. The summed E-state index contributed by atoms with van der Waals surface area (Å²) in [6.45, 7) is 0.0326. The van der Waals surface area contributed by atoms with Crippen LogP contribution in [0.2, 0.25) is 0 Å². The van der Waals surface area contributed by atoms with Crippen LogP contribution < -0.4 is 5.73 Å². The van der Waals surface area contributed by atoms with Crippen LogP contribution in [0, 0.1) is 0 Å². The molecule has 0 unspecified atom stereocenters. The van der Waals surface area contributed by atoms with E-state index in [1.54, 1.807) is 12.1 Å². The number of aliphatic hydroxyl groups is 1. The van der Waals surface area contributed by atoms with Crippen molar-refractivity contribution >= 4 is 17.9 Å². The van der Waals surface area contributed by atoms with Crippen molar-refractivity contribution in [2.24, 2.45) is 0 Å². The summed E-state index contributed by atoms with van der Waals surface area (Å²) in [4.78, 5) is 15.5. The molecule has 2 aromatic rings. The summed E-state index contributed by atoms with van der Waals surface area (Å²) in [5, 5.41) is 9.09. The molecule has 1 aromatic heterocycles. The quantitative estimate of drug-likeness (QED) is 0.647. The van der Waals surface area contributed by atoms with E-state index in [-0.39, 0.29) is 19.0 Å². The van der Waals surface area contributed by atoms with Crippen LogP contribution in [-0.2, 0) is 22.7 Å². The largest absolute Gasteiger partial charge is 0.458 e. The van der Waals surface area contributed by atoms with Gasteiger partial charge in [0.15, 0.2) is 0 Å². The minimum Gasteiger partial charge on any atom is -0.458 e. The van der Waals surface area contributed by atoms with Gasteiger partial charge in [0.25, 0.3) is 0 Å². The van der Waals surface area contributed by atoms with E-state index in [1.807, 2.05) is 30.3 Å². The lowest BCUT2D eigenvalue weighted by Crippen LogP contribution is -2.01. The third-order valence-corrected chi connectivity index (χ3v) is 2.83. The predicted octanol–water partition coefficient (Wildman–Crippen LogP) is 1.91. The molecule has 0 saturated heterocycles. The molecule has 0 radical (unpaired) electrons. The second-order valence-corrected chi connectivity index (χ2v) is 4.40. The fourth-order valence-corrected chi connectivity index (χ4v) is 1.70. The van der Waals surface area contributed by atoms with Gasteiger partial charge in [0.2, 0.25) is 0 Å². The first kappa shape index (κ1) is 14.7. The third-order valence-electron chi connectivity index (χ3n) is 2.83. The zero-order valence-electron chi connectivity index (χ0n) is 11.4. The van der Waals surface area contributed by atoms with E-state index >= 15 is 0 Å². The van der Waals surface area contributed by atoms with Gasteiger partial charge in [0.1, 0.15) is 12.4 Å². The topological polar surface area (TPSA) is 85.4 Å². The Morgan fingerprint density at radius 1 is 1.33 bits per heavy atom. The zero-order chi connectivity index (χ0) is 15.1. The number of nitrogen functional groups attached to an aromatic ring is 1. The van der Waals surface area contributed by atoms with Crippen LogP contribution in [0.25, 0.3) is 6.08 Å². The molecular formula is C16H16N2O3. The Labute approximate surface area is 122 Å². The average molecular weight is 284 g/mol. The number of aliphatic hydroxyl groups excluding tert-OH is 1. The fourth-order valence-electron chi connectivity index (χ4n) is 1.70. The van der Waals surface area contributed by atoms with Gasteiger partial charge in [-0.3, -0.25) is 0 Å². The number of carbonyl (C=O) groups is 1. The Bertz CT molecular complexity index is 639. The van der Waals surface area contributed by atoms with Gasteiger partial charge in [-0.05, 0) is 23.3 Å². The van der Waals surface area contributed by atoms with Gasteiger partial charge in [-0.25, -0.2) is 9.78 Å². The van der Waals surface area contributed by atoms with Crippen LogP contribution in [0.1, 0.15) is 16.7 Å². The molecule has 0 spiro atoms. The van der Waals surface area contributed by atoms with Gasteiger partial charge in [0.05, 0.1) is 6.61 Å². The number of esters is 1. The molecule has 3 N–H and O–H groups in total. The molecule has 0 aliphatic carbocycles. The SMILES string of the molecule is Nc1ncc(/C=C/C(=O)OCc2ccccc2)cc1CO. The van der Waals surface area contributed by atoms with Crippen molar-refractivity contribution in [2.75, 3.05) is 5.73 Å². The summed E-state index contributed by atoms with van der Waals surface area (Å²) in [7, 11) is 0. The second kappa shape index (κ2) is 7.21. The number of aromatic nitrogens is 1. The Hall–Kier alpha value is -2.66. The number of ether oxygens (including phenoxy) is 1.